The van der Waals surface area contributed by atoms with Crippen LogP contribution in [0.3, 0.4) is 0 Å². The summed E-state index contributed by atoms with van der Waals surface area (Å²) in [6.07, 6.45) is 0.791. The minimum atomic E-state index is 0.116. The van der Waals surface area contributed by atoms with Crippen LogP contribution in [0.25, 0.3) is 0 Å². The molecule has 0 saturated heterocycles. The van der Waals surface area contributed by atoms with Crippen molar-refractivity contribution >= 4 is 23.1 Å². The van der Waals surface area contributed by atoms with Crippen LogP contribution in [0.15, 0.2) is 14.4 Å². The Hall–Kier alpha value is -0.950. The third kappa shape index (κ3) is 2.54. The highest BCUT2D eigenvalue weighted by atomic mass is 32.2. The van der Waals surface area contributed by atoms with E-state index in [0.29, 0.717) is 5.89 Å². The number of nitrogens with zero attached hydrogens (tertiary/aromatic N) is 4. The monoisotopic (exact) mass is 242 g/mol. The van der Waals surface area contributed by atoms with E-state index in [-0.39, 0.29) is 5.25 Å². The van der Waals surface area contributed by atoms with Crippen molar-refractivity contribution in [2.75, 3.05) is 0 Å². The van der Waals surface area contributed by atoms with E-state index in [1.807, 2.05) is 13.8 Å². The molecule has 1 unspecified atom stereocenters. The van der Waals surface area contributed by atoms with Gasteiger partial charge in [-0.25, -0.2) is 0 Å². The molecule has 0 radical (unpaired) electrons. The van der Waals surface area contributed by atoms with Gasteiger partial charge in [-0.2, -0.15) is 4.98 Å². The molecule has 0 amide bonds. The molecule has 0 aliphatic heterocycles. The lowest BCUT2D eigenvalue weighted by atomic mass is 10.4. The Bertz CT molecular complexity index is 414. The maximum atomic E-state index is 5.14. The molecule has 2 rings (SSSR count). The van der Waals surface area contributed by atoms with Gasteiger partial charge in [0, 0.05) is 6.42 Å². The summed E-state index contributed by atoms with van der Waals surface area (Å²) < 4.78 is 6.06. The Morgan fingerprint density at radius 3 is 3.07 bits per heavy atom. The van der Waals surface area contributed by atoms with Gasteiger partial charge in [0.2, 0.25) is 5.89 Å². The summed E-state index contributed by atoms with van der Waals surface area (Å²) in [6.45, 7) is 4.01. The Morgan fingerprint density at radius 1 is 1.60 bits per heavy atom. The van der Waals surface area contributed by atoms with Gasteiger partial charge in [-0.05, 0) is 6.92 Å². The van der Waals surface area contributed by atoms with Gasteiger partial charge in [-0.15, -0.1) is 10.2 Å². The zero-order chi connectivity index (χ0) is 10.7. The lowest BCUT2D eigenvalue weighted by Gasteiger charge is -2.00. The third-order valence-corrected chi connectivity index (χ3v) is 3.66. The van der Waals surface area contributed by atoms with Crippen molar-refractivity contribution in [1.82, 2.24) is 20.3 Å². The maximum absolute atomic E-state index is 5.14. The van der Waals surface area contributed by atoms with Gasteiger partial charge in [0.05, 0.1) is 5.25 Å². The Balaban J connectivity index is 2.04. The molecule has 0 spiro atoms. The molecule has 0 bridgehead atoms. The Morgan fingerprint density at radius 2 is 2.47 bits per heavy atom. The van der Waals surface area contributed by atoms with Gasteiger partial charge < -0.3 is 4.52 Å². The predicted octanol–water partition coefficient (Wildman–Crippen LogP) is 2.34. The van der Waals surface area contributed by atoms with Crippen molar-refractivity contribution in [2.45, 2.75) is 29.9 Å². The highest BCUT2D eigenvalue weighted by Crippen LogP contribution is 2.34. The number of aryl methyl sites for hydroxylation is 1. The smallest absolute Gasteiger partial charge is 0.239 e. The minimum absolute atomic E-state index is 0.116. The first-order valence-electron chi connectivity index (χ1n) is 4.55. The summed E-state index contributed by atoms with van der Waals surface area (Å²) in [5.74, 6) is 1.39. The summed E-state index contributed by atoms with van der Waals surface area (Å²) in [7, 11) is 0. The fourth-order valence-corrected chi connectivity index (χ4v) is 2.65. The van der Waals surface area contributed by atoms with Gasteiger partial charge in [-0.3, -0.25) is 0 Å². The molecule has 2 aromatic heterocycles. The molecule has 0 N–H and O–H groups in total. The number of thioether (sulfide) groups is 1. The first-order chi connectivity index (χ1) is 7.29. The molecule has 5 nitrogen and oxygen atoms in total. The Kier molecular flexibility index (Phi) is 3.32. The van der Waals surface area contributed by atoms with Crippen molar-refractivity contribution in [1.29, 1.82) is 0 Å². The SMILES string of the molecule is CCc1noc(C(C)Sc2nncs2)n1. The molecule has 0 aliphatic rings. The van der Waals surface area contributed by atoms with E-state index >= 15 is 0 Å². The number of aromatic nitrogens is 4. The molecule has 80 valence electrons. The van der Waals surface area contributed by atoms with E-state index < -0.39 is 0 Å². The largest absolute Gasteiger partial charge is 0.338 e. The van der Waals surface area contributed by atoms with Crippen LogP contribution in [-0.2, 0) is 6.42 Å². The van der Waals surface area contributed by atoms with E-state index in [1.165, 1.54) is 11.3 Å². The molecule has 7 heteroatoms. The van der Waals surface area contributed by atoms with E-state index in [2.05, 4.69) is 20.3 Å². The fraction of sp³-hybridized carbons (Fsp3) is 0.500. The average Bonchev–Trinajstić information content (AvgIpc) is 2.86. The molecule has 0 saturated carbocycles. The summed E-state index contributed by atoms with van der Waals surface area (Å²) in [6, 6.07) is 0. The van der Waals surface area contributed by atoms with Crippen molar-refractivity contribution in [3.05, 3.63) is 17.2 Å². The number of rotatable bonds is 4. The van der Waals surface area contributed by atoms with Gasteiger partial charge in [0.15, 0.2) is 10.2 Å². The maximum Gasteiger partial charge on any atom is 0.239 e. The zero-order valence-corrected chi connectivity index (χ0v) is 10.0. The highest BCUT2D eigenvalue weighted by molar-refractivity contribution is 8.01. The van der Waals surface area contributed by atoms with Crippen LogP contribution < -0.4 is 0 Å². The third-order valence-electron chi connectivity index (χ3n) is 1.77. The lowest BCUT2D eigenvalue weighted by Crippen LogP contribution is -1.89. The summed E-state index contributed by atoms with van der Waals surface area (Å²) in [5, 5.41) is 11.7. The Labute approximate surface area is 95.3 Å². The van der Waals surface area contributed by atoms with Crippen LogP contribution in [0.4, 0.5) is 0 Å². The minimum Gasteiger partial charge on any atom is -0.338 e. The van der Waals surface area contributed by atoms with Gasteiger partial charge in [0.25, 0.3) is 0 Å². The van der Waals surface area contributed by atoms with E-state index in [4.69, 9.17) is 4.52 Å². The van der Waals surface area contributed by atoms with Crippen LogP contribution in [0.2, 0.25) is 0 Å². The molecule has 0 aromatic carbocycles. The van der Waals surface area contributed by atoms with Crippen molar-refractivity contribution in [3.63, 3.8) is 0 Å². The second-order valence-corrected chi connectivity index (χ2v) is 5.29. The molecule has 2 aromatic rings. The van der Waals surface area contributed by atoms with Crippen LogP contribution in [-0.4, -0.2) is 20.3 Å². The first-order valence-corrected chi connectivity index (χ1v) is 6.30. The normalized spacial score (nSPS) is 12.9. The van der Waals surface area contributed by atoms with E-state index in [0.717, 1.165) is 16.6 Å². The number of hydrogen-bond donors (Lipinski definition) is 0. The molecule has 2 heterocycles. The van der Waals surface area contributed by atoms with Crippen molar-refractivity contribution in [2.24, 2.45) is 0 Å². The van der Waals surface area contributed by atoms with Gasteiger partial charge >= 0.3 is 0 Å². The van der Waals surface area contributed by atoms with Crippen molar-refractivity contribution < 1.29 is 4.52 Å². The molecule has 15 heavy (non-hydrogen) atoms. The second-order valence-electron chi connectivity index (χ2n) is 2.87. The van der Waals surface area contributed by atoms with Crippen LogP contribution in [0.5, 0.6) is 0 Å². The quantitative estimate of drug-likeness (QED) is 0.767. The first kappa shape index (κ1) is 10.6. The number of hydrogen-bond acceptors (Lipinski definition) is 7. The van der Waals surface area contributed by atoms with Crippen LogP contribution in [0.1, 0.15) is 30.8 Å². The average molecular weight is 242 g/mol. The van der Waals surface area contributed by atoms with Gasteiger partial charge in [-0.1, -0.05) is 35.2 Å². The summed E-state index contributed by atoms with van der Waals surface area (Å²) in [4.78, 5) is 4.27. The van der Waals surface area contributed by atoms with Crippen LogP contribution >= 0.6 is 23.1 Å². The molecule has 1 atom stereocenters. The van der Waals surface area contributed by atoms with Crippen molar-refractivity contribution in [3.8, 4) is 0 Å². The summed E-state index contributed by atoms with van der Waals surface area (Å²) in [5.41, 5.74) is 1.71. The van der Waals surface area contributed by atoms with E-state index in [1.54, 1.807) is 17.3 Å². The zero-order valence-electron chi connectivity index (χ0n) is 8.38. The van der Waals surface area contributed by atoms with Gasteiger partial charge in [0.1, 0.15) is 5.51 Å². The molecular weight excluding hydrogens is 232 g/mol. The summed E-state index contributed by atoms with van der Waals surface area (Å²) >= 11 is 3.09. The predicted molar refractivity (Wildman–Crippen MR) is 57.9 cm³/mol. The topological polar surface area (TPSA) is 64.7 Å². The van der Waals surface area contributed by atoms with Crippen LogP contribution in [0, 0.1) is 0 Å². The molecular formula is C8H10N4OS2. The second kappa shape index (κ2) is 4.71. The molecule has 0 fully saturated rings. The lowest BCUT2D eigenvalue weighted by molar-refractivity contribution is 0.375. The fourth-order valence-electron chi connectivity index (χ4n) is 0.992. The highest BCUT2D eigenvalue weighted by Gasteiger charge is 2.16. The molecule has 0 aliphatic carbocycles. The standard InChI is InChI=1S/C8H10N4OS2/c1-3-6-10-7(13-12-6)5(2)15-8-11-9-4-14-8/h4-5H,3H2,1-2H3. The van der Waals surface area contributed by atoms with E-state index in [9.17, 15) is 0 Å².